The number of carbonyl (C=O) groups is 1. The molecule has 0 spiro atoms. The largest absolute Gasteiger partial charge is 0.478 e. The topological polar surface area (TPSA) is 99.7 Å². The first kappa shape index (κ1) is 18.9. The molecule has 142 valence electrons. The van der Waals surface area contributed by atoms with E-state index in [0.717, 1.165) is 11.4 Å². The van der Waals surface area contributed by atoms with Crippen LogP contribution < -0.4 is 14.5 Å². The van der Waals surface area contributed by atoms with Crippen LogP contribution in [0.1, 0.15) is 5.56 Å². The van der Waals surface area contributed by atoms with E-state index in [0.29, 0.717) is 11.4 Å². The van der Waals surface area contributed by atoms with Crippen LogP contribution in [0.15, 0.2) is 53.9 Å². The molecule has 0 aliphatic carbocycles. The summed E-state index contributed by atoms with van der Waals surface area (Å²) in [5, 5.41) is 20.8. The van der Waals surface area contributed by atoms with Crippen LogP contribution in [-0.2, 0) is 4.79 Å². The maximum Gasteiger partial charge on any atom is 0.311 e. The van der Waals surface area contributed by atoms with Crippen molar-refractivity contribution in [2.75, 3.05) is 30.5 Å². The quantitative estimate of drug-likeness (QED) is 0.341. The number of anilines is 2. The summed E-state index contributed by atoms with van der Waals surface area (Å²) in [4.78, 5) is 26.9. The fraction of sp³-hybridized carbons (Fsp3) is 0.200. The number of aryl methyl sites for hydroxylation is 1. The highest BCUT2D eigenvalue weighted by atomic mass is 16.6. The Kier molecular flexibility index (Phi) is 5.00. The molecule has 8 heteroatoms. The molecule has 0 saturated carbocycles. The average Bonchev–Trinajstić information content (AvgIpc) is 2.93. The SMILES string of the molecule is Cc1ccc(OCC(=O)C(C#N)=C2N(C)c3ccccc3N2C)c([N+](=O)[O-])c1. The molecule has 3 rings (SSSR count). The van der Waals surface area contributed by atoms with Gasteiger partial charge in [-0.15, -0.1) is 0 Å². The molecule has 0 bridgehead atoms. The minimum atomic E-state index is -0.564. The molecule has 0 fully saturated rings. The second-order valence-corrected chi connectivity index (χ2v) is 6.36. The number of nitro benzene ring substituents is 1. The van der Waals surface area contributed by atoms with Crippen molar-refractivity contribution in [2.45, 2.75) is 6.92 Å². The molecule has 0 atom stereocenters. The number of benzene rings is 2. The summed E-state index contributed by atoms with van der Waals surface area (Å²) in [7, 11) is 3.54. The Morgan fingerprint density at radius 2 is 1.79 bits per heavy atom. The third kappa shape index (κ3) is 3.25. The van der Waals surface area contributed by atoms with Crippen LogP contribution in [0.5, 0.6) is 5.75 Å². The van der Waals surface area contributed by atoms with Crippen LogP contribution in [0.25, 0.3) is 0 Å². The first-order valence-corrected chi connectivity index (χ1v) is 8.47. The fourth-order valence-electron chi connectivity index (χ4n) is 3.16. The molecule has 1 heterocycles. The molecule has 1 aliphatic heterocycles. The van der Waals surface area contributed by atoms with Gasteiger partial charge in [-0.25, -0.2) is 0 Å². The molecule has 0 amide bonds. The standard InChI is InChI=1S/C20H18N4O4/c1-13-8-9-19(17(10-13)24(26)27)28-12-18(25)14(11-21)20-22(2)15-6-4-5-7-16(15)23(20)3/h4-10H,12H2,1-3H3. The maximum absolute atomic E-state index is 12.7. The van der Waals surface area contributed by atoms with Crippen molar-refractivity contribution in [1.29, 1.82) is 5.26 Å². The zero-order valence-corrected chi connectivity index (χ0v) is 15.7. The zero-order chi connectivity index (χ0) is 20.4. The summed E-state index contributed by atoms with van der Waals surface area (Å²) < 4.78 is 5.39. The van der Waals surface area contributed by atoms with E-state index in [1.807, 2.05) is 30.3 Å². The number of rotatable bonds is 5. The predicted molar refractivity (Wildman–Crippen MR) is 104 cm³/mol. The number of Topliss-reactive ketones (excluding diaryl/α,β-unsaturated/α-hetero) is 1. The van der Waals surface area contributed by atoms with Gasteiger partial charge in [-0.3, -0.25) is 14.9 Å². The van der Waals surface area contributed by atoms with E-state index in [4.69, 9.17) is 4.74 Å². The Hall–Kier alpha value is -3.86. The van der Waals surface area contributed by atoms with Crippen molar-refractivity contribution in [3.05, 3.63) is 69.5 Å². The number of nitriles is 1. The lowest BCUT2D eigenvalue weighted by Crippen LogP contribution is -2.27. The molecule has 1 aliphatic rings. The van der Waals surface area contributed by atoms with Crippen molar-refractivity contribution >= 4 is 22.8 Å². The average molecular weight is 378 g/mol. The molecule has 0 aromatic heterocycles. The number of nitrogens with zero attached hydrogens (tertiary/aromatic N) is 4. The van der Waals surface area contributed by atoms with Gasteiger partial charge in [0.15, 0.2) is 12.4 Å². The van der Waals surface area contributed by atoms with Gasteiger partial charge in [-0.1, -0.05) is 18.2 Å². The predicted octanol–water partition coefficient (Wildman–Crippen LogP) is 3.17. The van der Waals surface area contributed by atoms with Crippen LogP contribution in [0.3, 0.4) is 0 Å². The lowest BCUT2D eigenvalue weighted by molar-refractivity contribution is -0.385. The van der Waals surface area contributed by atoms with Gasteiger partial charge >= 0.3 is 5.69 Å². The highest BCUT2D eigenvalue weighted by molar-refractivity contribution is 6.03. The zero-order valence-electron chi connectivity index (χ0n) is 15.7. The van der Waals surface area contributed by atoms with Crippen molar-refractivity contribution in [1.82, 2.24) is 0 Å². The molecule has 0 unspecified atom stereocenters. The fourth-order valence-corrected chi connectivity index (χ4v) is 3.16. The number of carbonyl (C=O) groups excluding carboxylic acids is 1. The summed E-state index contributed by atoms with van der Waals surface area (Å²) in [6.07, 6.45) is 0. The highest BCUT2D eigenvalue weighted by Gasteiger charge is 2.31. The molecule has 2 aromatic carbocycles. The number of hydrogen-bond acceptors (Lipinski definition) is 7. The van der Waals surface area contributed by atoms with Gasteiger partial charge in [0, 0.05) is 20.2 Å². The lowest BCUT2D eigenvalue weighted by atomic mass is 10.1. The van der Waals surface area contributed by atoms with Gasteiger partial charge < -0.3 is 14.5 Å². The summed E-state index contributed by atoms with van der Waals surface area (Å²) in [6, 6.07) is 14.0. The number of nitro groups is 1. The van der Waals surface area contributed by atoms with Crippen LogP contribution >= 0.6 is 0 Å². The molecule has 28 heavy (non-hydrogen) atoms. The Bertz CT molecular complexity index is 1010. The molecule has 2 aromatic rings. The molecule has 0 radical (unpaired) electrons. The Morgan fingerprint density at radius 1 is 1.18 bits per heavy atom. The summed E-state index contributed by atoms with van der Waals surface area (Å²) in [6.45, 7) is 1.25. The minimum absolute atomic E-state index is 0.0114. The van der Waals surface area contributed by atoms with Crippen molar-refractivity contribution in [2.24, 2.45) is 0 Å². The maximum atomic E-state index is 12.7. The summed E-state index contributed by atoms with van der Waals surface area (Å²) in [5.41, 5.74) is 2.15. The van der Waals surface area contributed by atoms with Gasteiger partial charge in [0.25, 0.3) is 0 Å². The summed E-state index contributed by atoms with van der Waals surface area (Å²) >= 11 is 0. The van der Waals surface area contributed by atoms with Crippen LogP contribution in [0, 0.1) is 28.4 Å². The van der Waals surface area contributed by atoms with E-state index in [2.05, 4.69) is 0 Å². The summed E-state index contributed by atoms with van der Waals surface area (Å²) in [5.74, 6) is -0.128. The highest BCUT2D eigenvalue weighted by Crippen LogP contribution is 2.40. The van der Waals surface area contributed by atoms with E-state index in [1.165, 1.54) is 12.1 Å². The van der Waals surface area contributed by atoms with Gasteiger partial charge in [0.05, 0.1) is 16.3 Å². The van der Waals surface area contributed by atoms with Crippen LogP contribution in [0.2, 0.25) is 0 Å². The molecular formula is C20H18N4O4. The van der Waals surface area contributed by atoms with Gasteiger partial charge in [0.2, 0.25) is 5.78 Å². The number of para-hydroxylation sites is 2. The molecule has 0 saturated heterocycles. The third-order valence-corrected chi connectivity index (χ3v) is 4.52. The molecule has 0 N–H and O–H groups in total. The Morgan fingerprint density at radius 3 is 2.32 bits per heavy atom. The van der Waals surface area contributed by atoms with E-state index in [1.54, 1.807) is 36.9 Å². The van der Waals surface area contributed by atoms with Gasteiger partial charge in [0.1, 0.15) is 17.5 Å². The van der Waals surface area contributed by atoms with Gasteiger partial charge in [-0.05, 0) is 30.7 Å². The normalized spacial score (nSPS) is 12.4. The third-order valence-electron chi connectivity index (χ3n) is 4.52. The van der Waals surface area contributed by atoms with E-state index >= 15 is 0 Å². The van der Waals surface area contributed by atoms with Gasteiger partial charge in [-0.2, -0.15) is 5.26 Å². The van der Waals surface area contributed by atoms with E-state index in [9.17, 15) is 20.2 Å². The second kappa shape index (κ2) is 7.40. The Balaban J connectivity index is 1.88. The van der Waals surface area contributed by atoms with E-state index in [-0.39, 0.29) is 17.0 Å². The second-order valence-electron chi connectivity index (χ2n) is 6.36. The molecular weight excluding hydrogens is 360 g/mol. The van der Waals surface area contributed by atoms with Crippen molar-refractivity contribution in [3.63, 3.8) is 0 Å². The first-order chi connectivity index (χ1) is 13.3. The van der Waals surface area contributed by atoms with Crippen molar-refractivity contribution in [3.8, 4) is 11.8 Å². The minimum Gasteiger partial charge on any atom is -0.478 e. The number of hydrogen-bond donors (Lipinski definition) is 0. The van der Waals surface area contributed by atoms with E-state index < -0.39 is 17.3 Å². The molecule has 8 nitrogen and oxygen atoms in total. The lowest BCUT2D eigenvalue weighted by Gasteiger charge is -2.20. The Labute approximate surface area is 162 Å². The smallest absolute Gasteiger partial charge is 0.311 e. The van der Waals surface area contributed by atoms with Crippen LogP contribution in [-0.4, -0.2) is 31.4 Å². The monoisotopic (exact) mass is 378 g/mol. The number of fused-ring (bicyclic) bond motifs is 1. The van der Waals surface area contributed by atoms with Crippen molar-refractivity contribution < 1.29 is 14.5 Å². The number of ether oxygens (including phenoxy) is 1. The van der Waals surface area contributed by atoms with Crippen LogP contribution in [0.4, 0.5) is 17.1 Å². The first-order valence-electron chi connectivity index (χ1n) is 8.47. The number of ketones is 1.